The highest BCUT2D eigenvalue weighted by Gasteiger charge is 2.29. The lowest BCUT2D eigenvalue weighted by atomic mass is 10.1. The summed E-state index contributed by atoms with van der Waals surface area (Å²) in [5.74, 6) is 0.795. The standard InChI is InChI=1S/C24H23ClN2O5S/c1-17(18-11-12-22-23(15-18)32-14-13-31-22)26-24(28)16-27(21-10-6-5-9-20(21)25)33(29,30)19-7-3-2-4-8-19/h2-12,15,17H,13-14,16H2,1H3,(H,26,28)/t17-/m1/s1. The van der Waals surface area contributed by atoms with Gasteiger partial charge in [0.05, 0.1) is 21.6 Å². The van der Waals surface area contributed by atoms with Crippen LogP contribution in [0.25, 0.3) is 0 Å². The van der Waals surface area contributed by atoms with Gasteiger partial charge in [0.2, 0.25) is 5.91 Å². The number of rotatable bonds is 7. The van der Waals surface area contributed by atoms with E-state index in [0.717, 1.165) is 9.87 Å². The van der Waals surface area contributed by atoms with E-state index in [1.165, 1.54) is 12.1 Å². The van der Waals surface area contributed by atoms with Crippen molar-refractivity contribution >= 4 is 33.2 Å². The zero-order chi connectivity index (χ0) is 23.4. The van der Waals surface area contributed by atoms with Crippen molar-refractivity contribution in [2.45, 2.75) is 17.9 Å². The van der Waals surface area contributed by atoms with Crippen LogP contribution in [0.15, 0.2) is 77.7 Å². The van der Waals surface area contributed by atoms with Gasteiger partial charge in [-0.2, -0.15) is 0 Å². The molecular formula is C24H23ClN2O5S. The fraction of sp³-hybridized carbons (Fsp3) is 0.208. The number of para-hydroxylation sites is 1. The summed E-state index contributed by atoms with van der Waals surface area (Å²) < 4.78 is 39.0. The molecule has 0 spiro atoms. The molecule has 0 bridgehead atoms. The van der Waals surface area contributed by atoms with Gasteiger partial charge in [-0.05, 0) is 48.9 Å². The summed E-state index contributed by atoms with van der Waals surface area (Å²) in [6.45, 7) is 2.33. The van der Waals surface area contributed by atoms with Crippen LogP contribution in [0.3, 0.4) is 0 Å². The maximum atomic E-state index is 13.4. The highest BCUT2D eigenvalue weighted by Crippen LogP contribution is 2.33. The number of fused-ring (bicyclic) bond motifs is 1. The largest absolute Gasteiger partial charge is 0.486 e. The summed E-state index contributed by atoms with van der Waals surface area (Å²) in [6.07, 6.45) is 0. The Kier molecular flexibility index (Phi) is 6.76. The SMILES string of the molecule is C[C@@H](NC(=O)CN(c1ccccc1Cl)S(=O)(=O)c1ccccc1)c1ccc2c(c1)OCCO2. The van der Waals surface area contributed by atoms with Crippen LogP contribution >= 0.6 is 11.6 Å². The summed E-state index contributed by atoms with van der Waals surface area (Å²) in [7, 11) is -4.03. The van der Waals surface area contributed by atoms with Crippen molar-refractivity contribution in [3.05, 3.63) is 83.4 Å². The average Bonchev–Trinajstić information content (AvgIpc) is 2.83. The second kappa shape index (κ2) is 9.72. The van der Waals surface area contributed by atoms with Crippen molar-refractivity contribution in [3.8, 4) is 11.5 Å². The predicted octanol–water partition coefficient (Wildman–Crippen LogP) is 4.18. The number of halogens is 1. The second-order valence-corrected chi connectivity index (χ2v) is 9.74. The monoisotopic (exact) mass is 486 g/mol. The average molecular weight is 487 g/mol. The molecule has 0 radical (unpaired) electrons. The molecule has 9 heteroatoms. The number of hydrogen-bond donors (Lipinski definition) is 1. The number of hydrogen-bond acceptors (Lipinski definition) is 5. The van der Waals surface area contributed by atoms with E-state index >= 15 is 0 Å². The number of benzene rings is 3. The van der Waals surface area contributed by atoms with Gasteiger partial charge in [0.25, 0.3) is 10.0 Å². The normalized spacial score (nSPS) is 13.8. The van der Waals surface area contributed by atoms with E-state index in [2.05, 4.69) is 5.32 Å². The molecule has 4 rings (SSSR count). The van der Waals surface area contributed by atoms with Gasteiger partial charge in [-0.3, -0.25) is 9.10 Å². The molecule has 0 saturated carbocycles. The fourth-order valence-corrected chi connectivity index (χ4v) is 5.25. The van der Waals surface area contributed by atoms with E-state index in [1.807, 2.05) is 19.1 Å². The molecule has 0 aromatic heterocycles. The number of amides is 1. The van der Waals surface area contributed by atoms with E-state index in [0.29, 0.717) is 24.7 Å². The third-order valence-electron chi connectivity index (χ3n) is 5.18. The van der Waals surface area contributed by atoms with Gasteiger partial charge in [-0.1, -0.05) is 48.0 Å². The van der Waals surface area contributed by atoms with Crippen molar-refractivity contribution < 1.29 is 22.7 Å². The van der Waals surface area contributed by atoms with Crippen LogP contribution in [0, 0.1) is 0 Å². The van der Waals surface area contributed by atoms with Crippen LogP contribution in [-0.2, 0) is 14.8 Å². The molecule has 0 aliphatic carbocycles. The van der Waals surface area contributed by atoms with E-state index in [1.54, 1.807) is 48.5 Å². The number of carbonyl (C=O) groups is 1. The van der Waals surface area contributed by atoms with E-state index in [4.69, 9.17) is 21.1 Å². The van der Waals surface area contributed by atoms with E-state index < -0.39 is 22.5 Å². The third-order valence-corrected chi connectivity index (χ3v) is 7.28. The van der Waals surface area contributed by atoms with Crippen molar-refractivity contribution in [2.75, 3.05) is 24.1 Å². The Bertz CT molecular complexity index is 1250. The van der Waals surface area contributed by atoms with E-state index in [9.17, 15) is 13.2 Å². The molecule has 1 atom stereocenters. The third kappa shape index (κ3) is 5.07. The molecule has 1 aliphatic heterocycles. The summed E-state index contributed by atoms with van der Waals surface area (Å²) in [4.78, 5) is 13.0. The minimum atomic E-state index is -4.03. The number of anilines is 1. The van der Waals surface area contributed by atoms with Crippen LogP contribution < -0.4 is 19.1 Å². The van der Waals surface area contributed by atoms with Crippen LogP contribution in [-0.4, -0.2) is 34.1 Å². The highest BCUT2D eigenvalue weighted by atomic mass is 35.5. The number of nitrogens with zero attached hydrogens (tertiary/aromatic N) is 1. The fourth-order valence-electron chi connectivity index (χ4n) is 3.50. The minimum absolute atomic E-state index is 0.0672. The molecule has 1 N–H and O–H groups in total. The highest BCUT2D eigenvalue weighted by molar-refractivity contribution is 7.92. The first-order chi connectivity index (χ1) is 15.9. The molecule has 1 heterocycles. The Morgan fingerprint density at radius 2 is 1.67 bits per heavy atom. The summed E-state index contributed by atoms with van der Waals surface area (Å²) in [5.41, 5.74) is 1.04. The van der Waals surface area contributed by atoms with Gasteiger partial charge < -0.3 is 14.8 Å². The van der Waals surface area contributed by atoms with Gasteiger partial charge in [0, 0.05) is 0 Å². The predicted molar refractivity (Wildman–Crippen MR) is 126 cm³/mol. The first-order valence-corrected chi connectivity index (χ1v) is 12.2. The summed E-state index contributed by atoms with van der Waals surface area (Å²) >= 11 is 6.30. The van der Waals surface area contributed by atoms with Crippen molar-refractivity contribution in [3.63, 3.8) is 0 Å². The Labute approximate surface area is 197 Å². The second-order valence-electron chi connectivity index (χ2n) is 7.47. The summed E-state index contributed by atoms with van der Waals surface area (Å²) in [6, 6.07) is 19.5. The molecule has 3 aromatic carbocycles. The maximum absolute atomic E-state index is 13.4. The number of carbonyl (C=O) groups excluding carboxylic acids is 1. The Morgan fingerprint density at radius 3 is 2.39 bits per heavy atom. The smallest absolute Gasteiger partial charge is 0.264 e. The quantitative estimate of drug-likeness (QED) is 0.541. The molecule has 0 fully saturated rings. The molecule has 0 unspecified atom stereocenters. The lowest BCUT2D eigenvalue weighted by Gasteiger charge is -2.26. The van der Waals surface area contributed by atoms with Crippen molar-refractivity contribution in [2.24, 2.45) is 0 Å². The molecular weight excluding hydrogens is 464 g/mol. The van der Waals surface area contributed by atoms with Gasteiger partial charge in [-0.25, -0.2) is 8.42 Å². The van der Waals surface area contributed by atoms with Crippen LogP contribution in [0.5, 0.6) is 11.5 Å². The van der Waals surface area contributed by atoms with Crippen molar-refractivity contribution in [1.29, 1.82) is 0 Å². The topological polar surface area (TPSA) is 84.9 Å². The van der Waals surface area contributed by atoms with E-state index in [-0.39, 0.29) is 21.6 Å². The first-order valence-electron chi connectivity index (χ1n) is 10.4. The zero-order valence-corrected chi connectivity index (χ0v) is 19.5. The lowest BCUT2D eigenvalue weighted by Crippen LogP contribution is -2.41. The van der Waals surface area contributed by atoms with Crippen LogP contribution in [0.4, 0.5) is 5.69 Å². The molecule has 172 valence electrons. The van der Waals surface area contributed by atoms with Gasteiger partial charge in [-0.15, -0.1) is 0 Å². The Hall–Kier alpha value is -3.23. The molecule has 1 aliphatic rings. The maximum Gasteiger partial charge on any atom is 0.264 e. The molecule has 0 saturated heterocycles. The molecule has 1 amide bonds. The number of ether oxygens (including phenoxy) is 2. The first kappa shape index (κ1) is 22.9. The zero-order valence-electron chi connectivity index (χ0n) is 17.9. The number of sulfonamides is 1. The molecule has 3 aromatic rings. The number of nitrogens with one attached hydrogen (secondary N) is 1. The van der Waals surface area contributed by atoms with Crippen molar-refractivity contribution in [1.82, 2.24) is 5.32 Å². The van der Waals surface area contributed by atoms with Crippen LogP contribution in [0.1, 0.15) is 18.5 Å². The Balaban J connectivity index is 1.57. The minimum Gasteiger partial charge on any atom is -0.486 e. The summed E-state index contributed by atoms with van der Waals surface area (Å²) in [5, 5.41) is 3.09. The van der Waals surface area contributed by atoms with Crippen LogP contribution in [0.2, 0.25) is 5.02 Å². The Morgan fingerprint density at radius 1 is 1.00 bits per heavy atom. The lowest BCUT2D eigenvalue weighted by molar-refractivity contribution is -0.120. The van der Waals surface area contributed by atoms with Gasteiger partial charge in [0.1, 0.15) is 19.8 Å². The molecule has 33 heavy (non-hydrogen) atoms. The molecule has 7 nitrogen and oxygen atoms in total. The van der Waals surface area contributed by atoms with Gasteiger partial charge in [0.15, 0.2) is 11.5 Å². The van der Waals surface area contributed by atoms with Gasteiger partial charge >= 0.3 is 0 Å².